The van der Waals surface area contributed by atoms with Gasteiger partial charge in [0.25, 0.3) is 0 Å². The van der Waals surface area contributed by atoms with Gasteiger partial charge in [-0.25, -0.2) is 4.79 Å². The normalized spacial score (nSPS) is 10.2. The Morgan fingerprint density at radius 1 is 1.35 bits per heavy atom. The zero-order valence-corrected chi connectivity index (χ0v) is 11.5. The molecule has 0 saturated carbocycles. The third kappa shape index (κ3) is 3.00. The molecule has 2 rings (SSSR count). The van der Waals surface area contributed by atoms with E-state index in [-0.39, 0.29) is 4.88 Å². The summed E-state index contributed by atoms with van der Waals surface area (Å²) in [5, 5.41) is 9.73. The fraction of sp³-hybridized carbons (Fsp3) is 0. The highest BCUT2D eigenvalue weighted by Crippen LogP contribution is 2.34. The van der Waals surface area contributed by atoms with E-state index in [0.717, 1.165) is 15.8 Å². The van der Waals surface area contributed by atoms with E-state index in [1.165, 1.54) is 6.07 Å². The van der Waals surface area contributed by atoms with E-state index in [9.17, 15) is 4.79 Å². The predicted molar refractivity (Wildman–Crippen MR) is 70.5 cm³/mol. The second-order valence-electron chi connectivity index (χ2n) is 3.10. The third-order valence-electron chi connectivity index (χ3n) is 1.90. The molecule has 0 aliphatic rings. The quantitative estimate of drug-likeness (QED) is 0.889. The lowest BCUT2D eigenvalue weighted by molar-refractivity contribution is 0.0702. The third-order valence-corrected chi connectivity index (χ3v) is 3.64. The van der Waals surface area contributed by atoms with Crippen molar-refractivity contribution >= 4 is 44.8 Å². The molecule has 1 aromatic heterocycles. The van der Waals surface area contributed by atoms with Crippen LogP contribution < -0.4 is 4.74 Å². The van der Waals surface area contributed by atoms with E-state index >= 15 is 0 Å². The Morgan fingerprint density at radius 3 is 2.71 bits per heavy atom. The number of carboxylic acids is 1. The van der Waals surface area contributed by atoms with Crippen LogP contribution in [0.3, 0.4) is 0 Å². The van der Waals surface area contributed by atoms with Gasteiger partial charge in [0.2, 0.25) is 0 Å². The lowest BCUT2D eigenvalue weighted by Crippen LogP contribution is -1.89. The molecule has 0 spiro atoms. The highest BCUT2D eigenvalue weighted by atomic mass is 79.9. The van der Waals surface area contributed by atoms with Crippen LogP contribution in [0.2, 0.25) is 5.02 Å². The molecular weight excluding hydrogens is 328 g/mol. The van der Waals surface area contributed by atoms with Gasteiger partial charge in [0, 0.05) is 4.47 Å². The van der Waals surface area contributed by atoms with Gasteiger partial charge in [0.15, 0.2) is 5.06 Å². The van der Waals surface area contributed by atoms with Gasteiger partial charge in [-0.05, 0) is 30.3 Å². The molecule has 1 aromatic carbocycles. The maximum atomic E-state index is 10.7. The van der Waals surface area contributed by atoms with Gasteiger partial charge in [-0.3, -0.25) is 0 Å². The molecule has 88 valence electrons. The molecule has 3 nitrogen and oxygen atoms in total. The predicted octanol–water partition coefficient (Wildman–Crippen LogP) is 4.65. The highest BCUT2D eigenvalue weighted by molar-refractivity contribution is 9.10. The van der Waals surface area contributed by atoms with Crippen LogP contribution in [-0.2, 0) is 0 Å². The number of thiophene rings is 1. The van der Waals surface area contributed by atoms with Crippen molar-refractivity contribution in [2.45, 2.75) is 0 Å². The van der Waals surface area contributed by atoms with Crippen molar-refractivity contribution in [3.8, 4) is 10.8 Å². The molecule has 0 unspecified atom stereocenters. The molecule has 0 aliphatic carbocycles. The summed E-state index contributed by atoms with van der Waals surface area (Å²) in [4.78, 5) is 10.9. The van der Waals surface area contributed by atoms with Crippen LogP contribution in [0.5, 0.6) is 10.8 Å². The van der Waals surface area contributed by atoms with Crippen LogP contribution in [0.25, 0.3) is 0 Å². The van der Waals surface area contributed by atoms with Crippen molar-refractivity contribution in [2.75, 3.05) is 0 Å². The van der Waals surface area contributed by atoms with E-state index < -0.39 is 5.97 Å². The number of aromatic carboxylic acids is 1. The van der Waals surface area contributed by atoms with Crippen molar-refractivity contribution in [2.24, 2.45) is 0 Å². The maximum Gasteiger partial charge on any atom is 0.345 e. The van der Waals surface area contributed by atoms with Crippen LogP contribution >= 0.6 is 38.9 Å². The van der Waals surface area contributed by atoms with E-state index in [1.54, 1.807) is 24.3 Å². The summed E-state index contributed by atoms with van der Waals surface area (Å²) < 4.78 is 6.35. The zero-order chi connectivity index (χ0) is 12.4. The fourth-order valence-corrected chi connectivity index (χ4v) is 2.58. The van der Waals surface area contributed by atoms with Crippen molar-refractivity contribution in [3.05, 3.63) is 44.7 Å². The van der Waals surface area contributed by atoms with Crippen LogP contribution in [0, 0.1) is 0 Å². The largest absolute Gasteiger partial charge is 0.477 e. The lowest BCUT2D eigenvalue weighted by Gasteiger charge is -2.04. The standard InChI is InChI=1S/C11H6BrClO3S/c12-6-1-2-8(7(13)5-6)16-10-4-3-9(17-10)11(14)15/h1-5H,(H,14,15). The highest BCUT2D eigenvalue weighted by Gasteiger charge is 2.10. The minimum Gasteiger partial charge on any atom is -0.477 e. The van der Waals surface area contributed by atoms with Gasteiger partial charge in [0.05, 0.1) is 5.02 Å². The van der Waals surface area contributed by atoms with Gasteiger partial charge < -0.3 is 9.84 Å². The molecule has 1 N–H and O–H groups in total. The van der Waals surface area contributed by atoms with E-state index in [4.69, 9.17) is 21.4 Å². The van der Waals surface area contributed by atoms with Crippen LogP contribution in [0.15, 0.2) is 34.8 Å². The summed E-state index contributed by atoms with van der Waals surface area (Å²) in [5.41, 5.74) is 0. The SMILES string of the molecule is O=C(O)c1ccc(Oc2ccc(Br)cc2Cl)s1. The maximum absolute atomic E-state index is 10.7. The van der Waals surface area contributed by atoms with Gasteiger partial charge in [0.1, 0.15) is 10.6 Å². The Labute approximate surface area is 115 Å². The van der Waals surface area contributed by atoms with E-state index in [0.29, 0.717) is 15.8 Å². The molecule has 0 aliphatic heterocycles. The molecule has 17 heavy (non-hydrogen) atoms. The number of hydrogen-bond donors (Lipinski definition) is 1. The van der Waals surface area contributed by atoms with Crippen molar-refractivity contribution in [1.29, 1.82) is 0 Å². The zero-order valence-electron chi connectivity index (χ0n) is 8.31. The molecule has 0 radical (unpaired) electrons. The minimum absolute atomic E-state index is 0.230. The molecule has 0 saturated heterocycles. The molecule has 2 aromatic rings. The molecular formula is C11H6BrClO3S. The second-order valence-corrected chi connectivity index (χ2v) is 5.47. The second kappa shape index (κ2) is 5.08. The number of rotatable bonds is 3. The molecule has 0 bridgehead atoms. The summed E-state index contributed by atoms with van der Waals surface area (Å²) in [5.74, 6) is -0.472. The lowest BCUT2D eigenvalue weighted by atomic mass is 10.3. The first-order chi connectivity index (χ1) is 8.06. The van der Waals surface area contributed by atoms with Crippen molar-refractivity contribution in [3.63, 3.8) is 0 Å². The van der Waals surface area contributed by atoms with Crippen molar-refractivity contribution < 1.29 is 14.6 Å². The fourth-order valence-electron chi connectivity index (χ4n) is 1.16. The van der Waals surface area contributed by atoms with Gasteiger partial charge in [-0.1, -0.05) is 38.9 Å². The Kier molecular flexibility index (Phi) is 3.71. The molecule has 6 heteroatoms. The smallest absolute Gasteiger partial charge is 0.345 e. The Morgan fingerprint density at radius 2 is 2.12 bits per heavy atom. The van der Waals surface area contributed by atoms with Crippen LogP contribution in [0.1, 0.15) is 9.67 Å². The number of hydrogen-bond acceptors (Lipinski definition) is 3. The summed E-state index contributed by atoms with van der Waals surface area (Å²) >= 11 is 10.3. The first kappa shape index (κ1) is 12.4. The molecule has 1 heterocycles. The average Bonchev–Trinajstić information content (AvgIpc) is 2.71. The van der Waals surface area contributed by atoms with Crippen molar-refractivity contribution in [1.82, 2.24) is 0 Å². The number of benzene rings is 1. The van der Waals surface area contributed by atoms with Gasteiger partial charge in [-0.15, -0.1) is 0 Å². The van der Waals surface area contributed by atoms with E-state index in [1.807, 2.05) is 0 Å². The van der Waals surface area contributed by atoms with E-state index in [2.05, 4.69) is 15.9 Å². The summed E-state index contributed by atoms with van der Waals surface area (Å²) in [6.07, 6.45) is 0. The van der Waals surface area contributed by atoms with Crippen LogP contribution in [-0.4, -0.2) is 11.1 Å². The minimum atomic E-state index is -0.966. The number of halogens is 2. The monoisotopic (exact) mass is 332 g/mol. The first-order valence-corrected chi connectivity index (χ1v) is 6.51. The molecule has 0 amide bonds. The number of ether oxygens (including phenoxy) is 1. The average molecular weight is 334 g/mol. The number of carbonyl (C=O) groups is 1. The van der Waals surface area contributed by atoms with Crippen LogP contribution in [0.4, 0.5) is 0 Å². The summed E-state index contributed by atoms with van der Waals surface area (Å²) in [7, 11) is 0. The summed E-state index contributed by atoms with van der Waals surface area (Å²) in [6.45, 7) is 0. The molecule has 0 fully saturated rings. The van der Waals surface area contributed by atoms with Gasteiger partial charge in [-0.2, -0.15) is 0 Å². The Hall–Kier alpha value is -1.04. The number of carboxylic acid groups (broad SMARTS) is 1. The topological polar surface area (TPSA) is 46.5 Å². The Balaban J connectivity index is 2.22. The Bertz CT molecular complexity index is 568. The first-order valence-electron chi connectivity index (χ1n) is 4.52. The molecule has 0 atom stereocenters. The summed E-state index contributed by atoms with van der Waals surface area (Å²) in [6, 6.07) is 8.32. The van der Waals surface area contributed by atoms with Gasteiger partial charge >= 0.3 is 5.97 Å².